The molecule has 0 aromatic heterocycles. The van der Waals surface area contributed by atoms with Crippen LogP contribution in [0.2, 0.25) is 0 Å². The maximum atomic E-state index is 2.08. The molecule has 0 atom stereocenters. The third-order valence-corrected chi connectivity index (χ3v) is 0.940. The van der Waals surface area contributed by atoms with E-state index in [1.54, 1.807) is 0 Å². The van der Waals surface area contributed by atoms with Crippen molar-refractivity contribution in [2.45, 2.75) is 0 Å². The van der Waals surface area contributed by atoms with Gasteiger partial charge in [-0.1, -0.05) is 0 Å². The van der Waals surface area contributed by atoms with Gasteiger partial charge in [0.05, 0.1) is 0 Å². The number of halogens is 1. The van der Waals surface area contributed by atoms with E-state index in [9.17, 15) is 0 Å². The van der Waals surface area contributed by atoms with Crippen molar-refractivity contribution in [3.8, 4) is 0 Å². The van der Waals surface area contributed by atoms with Crippen molar-refractivity contribution < 1.29 is 4.70 Å². The van der Waals surface area contributed by atoms with Gasteiger partial charge in [-0.3, -0.25) is 4.70 Å². The molecule has 0 radical (unpaired) electrons. The maximum absolute atomic E-state index is 2.08. The second-order valence-corrected chi connectivity index (χ2v) is 1.65. The van der Waals surface area contributed by atoms with Crippen LogP contribution >= 0.6 is 0 Å². The molecule has 0 fully saturated rings. The molecular weight excluding hydrogens is 98.0 g/mol. The van der Waals surface area contributed by atoms with Crippen molar-refractivity contribution in [3.05, 3.63) is 30.3 Å². The van der Waals surface area contributed by atoms with Crippen LogP contribution in [-0.2, 0) is 0 Å². The fraction of sp³-hybridized carbons (Fsp3) is 0. The summed E-state index contributed by atoms with van der Waals surface area (Å²) in [4.78, 5) is 0. The van der Waals surface area contributed by atoms with E-state index in [0.717, 1.165) is 0 Å². The summed E-state index contributed by atoms with van der Waals surface area (Å²) in [7, 11) is 0. The average molecular weight is 104 g/mol. The van der Waals surface area contributed by atoms with E-state index in [-0.39, 0.29) is 4.70 Å². The average Bonchev–Trinajstić information content (AvgIpc) is 1.69. The fourth-order valence-corrected chi connectivity index (χ4v) is 0.534. The van der Waals surface area contributed by atoms with Crippen molar-refractivity contribution in [1.29, 1.82) is 0 Å². The minimum absolute atomic E-state index is 0. The number of rotatable bonds is 0. The van der Waals surface area contributed by atoms with Crippen LogP contribution in [0.1, 0.15) is 0 Å². The van der Waals surface area contributed by atoms with Crippen LogP contribution in [0.4, 0.5) is 4.70 Å². The molecule has 0 bridgehead atoms. The van der Waals surface area contributed by atoms with Crippen molar-refractivity contribution >= 4 is 22.0 Å². The normalized spacial score (nSPS) is 7.75. The number of benzene rings is 1. The zero-order valence-electron chi connectivity index (χ0n) is 4.79. The van der Waals surface area contributed by atoms with Gasteiger partial charge in [0.15, 0.2) is 0 Å². The molecule has 0 nitrogen and oxygen atoms in total. The molecule has 0 spiro atoms. The van der Waals surface area contributed by atoms with Crippen molar-refractivity contribution in [2.75, 3.05) is 0 Å². The molecule has 0 saturated heterocycles. The molecule has 1 aromatic rings. The third kappa shape index (κ3) is 2.16. The molecule has 1 rings (SSSR count). The molecule has 0 heterocycles. The summed E-state index contributed by atoms with van der Waals surface area (Å²) < 4.78 is 1.32. The van der Waals surface area contributed by atoms with Crippen LogP contribution in [0.15, 0.2) is 30.3 Å². The van der Waals surface area contributed by atoms with Gasteiger partial charge in [0.25, 0.3) is 0 Å². The minimum atomic E-state index is 0. The van der Waals surface area contributed by atoms with Crippen LogP contribution in [0.25, 0.3) is 0 Å². The van der Waals surface area contributed by atoms with Gasteiger partial charge in [-0.2, -0.15) is 0 Å². The van der Waals surface area contributed by atoms with E-state index in [1.165, 1.54) is 4.24 Å². The second kappa shape index (κ2) is 3.71. The Morgan fingerprint density at radius 2 is 1.50 bits per heavy atom. The van der Waals surface area contributed by atoms with Gasteiger partial charge in [0.2, 0.25) is 0 Å². The van der Waals surface area contributed by atoms with Gasteiger partial charge < -0.3 is 0 Å². The van der Waals surface area contributed by atoms with Crippen LogP contribution in [0.3, 0.4) is 0 Å². The van der Waals surface area contributed by atoms with Crippen LogP contribution in [-0.4, -0.2) is 17.7 Å². The Morgan fingerprint density at radius 3 is 1.75 bits per heavy atom. The molecule has 0 saturated carbocycles. The summed E-state index contributed by atoms with van der Waals surface area (Å²) in [6.07, 6.45) is 0. The van der Waals surface area contributed by atoms with Gasteiger partial charge in [0, 0.05) is 0 Å². The van der Waals surface area contributed by atoms with E-state index in [1.807, 2.05) is 18.2 Å². The summed E-state index contributed by atoms with van der Waals surface area (Å²) in [5.41, 5.74) is 0. The summed E-state index contributed by atoms with van der Waals surface area (Å²) in [5, 5.41) is 0. The summed E-state index contributed by atoms with van der Waals surface area (Å²) in [6, 6.07) is 10.3. The van der Waals surface area contributed by atoms with Crippen LogP contribution < -0.4 is 4.24 Å². The van der Waals surface area contributed by atoms with Gasteiger partial charge in [-0.25, -0.2) is 0 Å². The van der Waals surface area contributed by atoms with E-state index >= 15 is 0 Å². The first kappa shape index (κ1) is 7.75. The van der Waals surface area contributed by atoms with Crippen molar-refractivity contribution in [3.63, 3.8) is 0 Å². The zero-order chi connectivity index (χ0) is 5.11. The van der Waals surface area contributed by atoms with Crippen molar-refractivity contribution in [2.24, 2.45) is 0 Å². The Hall–Kier alpha value is -0.253. The molecule has 2 heteroatoms. The topological polar surface area (TPSA) is 0 Å². The molecule has 0 N–H and O–H groups in total. The Balaban J connectivity index is 0.000000490. The van der Waals surface area contributed by atoms with Crippen LogP contribution in [0.5, 0.6) is 0 Å². The third-order valence-electron chi connectivity index (χ3n) is 0.940. The fourth-order valence-electron chi connectivity index (χ4n) is 0.534. The van der Waals surface area contributed by atoms with E-state index in [2.05, 4.69) is 29.8 Å². The van der Waals surface area contributed by atoms with E-state index in [0.29, 0.717) is 0 Å². The molecule has 0 aliphatic heterocycles. The van der Waals surface area contributed by atoms with E-state index in [4.69, 9.17) is 0 Å². The molecule has 1 aromatic carbocycles. The molecule has 8 heavy (non-hydrogen) atoms. The van der Waals surface area contributed by atoms with Gasteiger partial charge in [-0.05, 0) is 0 Å². The second-order valence-electron chi connectivity index (χ2n) is 1.65. The summed E-state index contributed by atoms with van der Waals surface area (Å²) in [5.74, 6) is 0. The molecular formula is C6H6FLi. The first-order chi connectivity index (χ1) is 3.39. The Kier molecular flexibility index (Phi) is 3.60. The standard InChI is InChI=1S/C6H5.FH.Li/c1-2-4-6-5-3-1;;/h1-5H;1H;. The SMILES string of the molecule is F.[Li][c]1ccccc1. The molecule has 0 aliphatic rings. The van der Waals surface area contributed by atoms with Gasteiger partial charge >= 0.3 is 52.3 Å². The molecule has 0 unspecified atom stereocenters. The molecule has 0 aliphatic carbocycles. The van der Waals surface area contributed by atoms with Gasteiger partial charge in [0.1, 0.15) is 0 Å². The zero-order valence-corrected chi connectivity index (χ0v) is 4.79. The molecule has 38 valence electrons. The predicted molar refractivity (Wildman–Crippen MR) is 34.3 cm³/mol. The van der Waals surface area contributed by atoms with Gasteiger partial charge in [-0.15, -0.1) is 0 Å². The number of hydrogen-bond donors (Lipinski definition) is 0. The Morgan fingerprint density at radius 1 is 1.00 bits per heavy atom. The molecule has 0 amide bonds. The summed E-state index contributed by atoms with van der Waals surface area (Å²) in [6.45, 7) is 0. The Labute approximate surface area is 57.5 Å². The summed E-state index contributed by atoms with van der Waals surface area (Å²) >= 11 is 2.08. The van der Waals surface area contributed by atoms with Crippen molar-refractivity contribution in [1.82, 2.24) is 0 Å². The van der Waals surface area contributed by atoms with Crippen LogP contribution in [0, 0.1) is 0 Å². The first-order valence-electron chi connectivity index (χ1n) is 2.41. The number of hydrogen-bond acceptors (Lipinski definition) is 0. The Bertz CT molecular complexity index is 138. The van der Waals surface area contributed by atoms with E-state index < -0.39 is 0 Å². The monoisotopic (exact) mass is 104 g/mol. The predicted octanol–water partition coefficient (Wildman–Crippen LogP) is 0.633. The first-order valence-corrected chi connectivity index (χ1v) is 2.41. The quantitative estimate of drug-likeness (QED) is 0.423.